The third-order valence-corrected chi connectivity index (χ3v) is 3.61. The van der Waals surface area contributed by atoms with Gasteiger partial charge >= 0.3 is 0 Å². The summed E-state index contributed by atoms with van der Waals surface area (Å²) < 4.78 is 0. The van der Waals surface area contributed by atoms with Crippen LogP contribution in [0, 0.1) is 0 Å². The number of nitrogens with zero attached hydrogens (tertiary/aromatic N) is 1. The van der Waals surface area contributed by atoms with E-state index >= 15 is 0 Å². The fraction of sp³-hybridized carbons (Fsp3) is 0.182. The first-order valence-corrected chi connectivity index (χ1v) is 5.93. The van der Waals surface area contributed by atoms with Crippen molar-refractivity contribution in [2.75, 3.05) is 11.1 Å². The summed E-state index contributed by atoms with van der Waals surface area (Å²) in [6.07, 6.45) is 2.90. The summed E-state index contributed by atoms with van der Waals surface area (Å²) in [4.78, 5) is 1.40. The minimum atomic E-state index is 0.945. The highest BCUT2D eigenvalue weighted by molar-refractivity contribution is 7.99. The Bertz CT molecular complexity index is 465. The molecule has 1 aromatic heterocycles. The van der Waals surface area contributed by atoms with E-state index in [9.17, 15) is 0 Å². The summed E-state index contributed by atoms with van der Waals surface area (Å²) in [5.41, 5.74) is 2.62. The Labute approximate surface area is 92.3 Å². The number of fused-ring (bicyclic) bond motifs is 1. The summed E-state index contributed by atoms with van der Waals surface area (Å²) in [6, 6.07) is 8.33. The summed E-state index contributed by atoms with van der Waals surface area (Å²) in [5, 5.41) is 10.2. The zero-order chi connectivity index (χ0) is 10.1. The van der Waals surface area contributed by atoms with Crippen LogP contribution in [0.5, 0.6) is 0 Å². The van der Waals surface area contributed by atoms with E-state index in [-0.39, 0.29) is 0 Å². The van der Waals surface area contributed by atoms with Gasteiger partial charge in [0.05, 0.1) is 6.20 Å². The largest absolute Gasteiger partial charge is 0.340 e. The molecule has 0 aliphatic carbocycles. The lowest BCUT2D eigenvalue weighted by Crippen LogP contribution is -1.95. The van der Waals surface area contributed by atoms with Crippen molar-refractivity contribution in [1.82, 2.24) is 10.2 Å². The topological polar surface area (TPSA) is 40.7 Å². The van der Waals surface area contributed by atoms with E-state index in [2.05, 4.69) is 33.7 Å². The van der Waals surface area contributed by atoms with Crippen molar-refractivity contribution in [2.45, 2.75) is 11.3 Å². The summed E-state index contributed by atoms with van der Waals surface area (Å²) >= 11 is 1.93. The van der Waals surface area contributed by atoms with E-state index in [1.807, 2.05) is 17.8 Å². The van der Waals surface area contributed by atoms with Crippen molar-refractivity contribution in [3.05, 3.63) is 36.0 Å². The van der Waals surface area contributed by atoms with Crippen LogP contribution in [0.25, 0.3) is 0 Å². The Morgan fingerprint density at radius 2 is 2.33 bits per heavy atom. The molecule has 3 rings (SSSR count). The first kappa shape index (κ1) is 8.85. The molecule has 1 aliphatic rings. The smallest absolute Gasteiger partial charge is 0.125 e. The van der Waals surface area contributed by atoms with Gasteiger partial charge in [-0.05, 0) is 24.1 Å². The number of H-pyrrole nitrogens is 1. The van der Waals surface area contributed by atoms with Gasteiger partial charge in [0.1, 0.15) is 5.82 Å². The van der Waals surface area contributed by atoms with Crippen molar-refractivity contribution < 1.29 is 0 Å². The second-order valence-electron chi connectivity index (χ2n) is 3.48. The van der Waals surface area contributed by atoms with Crippen LogP contribution in [0.4, 0.5) is 11.5 Å². The zero-order valence-corrected chi connectivity index (χ0v) is 8.97. The quantitative estimate of drug-likeness (QED) is 0.812. The van der Waals surface area contributed by atoms with Gasteiger partial charge in [0.2, 0.25) is 0 Å². The van der Waals surface area contributed by atoms with Crippen molar-refractivity contribution in [3.8, 4) is 0 Å². The predicted molar refractivity (Wildman–Crippen MR) is 62.7 cm³/mol. The first-order valence-electron chi connectivity index (χ1n) is 4.94. The molecule has 1 aromatic carbocycles. The third kappa shape index (κ3) is 1.61. The second kappa shape index (κ2) is 3.62. The van der Waals surface area contributed by atoms with Crippen molar-refractivity contribution in [2.24, 2.45) is 0 Å². The standard InChI is InChI=1S/C11H11N3S/c1-2-9(13-11-4-6-12-14-11)8-5-7-15-10(8)3-1/h1-4,6H,5,7H2,(H2,12,13,14). The normalized spacial score (nSPS) is 13.9. The van der Waals surface area contributed by atoms with Crippen LogP contribution in [0.15, 0.2) is 35.4 Å². The van der Waals surface area contributed by atoms with Gasteiger partial charge in [-0.3, -0.25) is 5.10 Å². The SMILES string of the molecule is c1cc(Nc2ccn[nH]2)c2c(c1)SCC2. The maximum atomic E-state index is 3.92. The molecule has 0 amide bonds. The van der Waals surface area contributed by atoms with E-state index in [0.29, 0.717) is 0 Å². The third-order valence-electron chi connectivity index (χ3n) is 2.51. The van der Waals surface area contributed by atoms with Crippen LogP contribution in [0.1, 0.15) is 5.56 Å². The molecule has 0 radical (unpaired) electrons. The molecular weight excluding hydrogens is 206 g/mol. The lowest BCUT2D eigenvalue weighted by Gasteiger charge is -2.08. The van der Waals surface area contributed by atoms with Crippen LogP contribution >= 0.6 is 11.8 Å². The molecule has 0 atom stereocenters. The fourth-order valence-electron chi connectivity index (χ4n) is 1.81. The lowest BCUT2D eigenvalue weighted by molar-refractivity contribution is 1.09. The molecule has 0 fully saturated rings. The van der Waals surface area contributed by atoms with Crippen LogP contribution in [0.2, 0.25) is 0 Å². The van der Waals surface area contributed by atoms with Gasteiger partial charge in [-0.15, -0.1) is 11.8 Å². The number of aromatic amines is 1. The number of hydrogen-bond donors (Lipinski definition) is 2. The number of nitrogens with one attached hydrogen (secondary N) is 2. The number of rotatable bonds is 2. The second-order valence-corrected chi connectivity index (χ2v) is 4.61. The molecule has 0 saturated carbocycles. The van der Waals surface area contributed by atoms with Crippen LogP contribution in [-0.4, -0.2) is 16.0 Å². The van der Waals surface area contributed by atoms with Crippen LogP contribution in [-0.2, 0) is 6.42 Å². The van der Waals surface area contributed by atoms with Gasteiger partial charge in [0.25, 0.3) is 0 Å². The lowest BCUT2D eigenvalue weighted by atomic mass is 10.1. The van der Waals surface area contributed by atoms with Gasteiger partial charge < -0.3 is 5.32 Å². The Hall–Kier alpha value is -1.42. The number of anilines is 2. The van der Waals surface area contributed by atoms with E-state index in [0.717, 1.165) is 12.2 Å². The monoisotopic (exact) mass is 217 g/mol. The molecule has 76 valence electrons. The highest BCUT2D eigenvalue weighted by Crippen LogP contribution is 2.36. The molecule has 2 heterocycles. The number of hydrogen-bond acceptors (Lipinski definition) is 3. The molecule has 1 aliphatic heterocycles. The molecule has 0 saturated heterocycles. The van der Waals surface area contributed by atoms with Gasteiger partial charge in [-0.2, -0.15) is 5.10 Å². The minimum absolute atomic E-state index is 0.945. The molecular formula is C11H11N3S. The highest BCUT2D eigenvalue weighted by atomic mass is 32.2. The fourth-order valence-corrected chi connectivity index (χ4v) is 2.90. The van der Waals surface area contributed by atoms with Crippen molar-refractivity contribution in [3.63, 3.8) is 0 Å². The van der Waals surface area contributed by atoms with E-state index < -0.39 is 0 Å². The molecule has 15 heavy (non-hydrogen) atoms. The van der Waals surface area contributed by atoms with E-state index in [1.54, 1.807) is 6.20 Å². The van der Waals surface area contributed by atoms with Gasteiger partial charge in [0.15, 0.2) is 0 Å². The molecule has 0 bridgehead atoms. The Kier molecular flexibility index (Phi) is 2.14. The first-order chi connectivity index (χ1) is 7.43. The highest BCUT2D eigenvalue weighted by Gasteiger charge is 2.14. The Morgan fingerprint density at radius 3 is 3.20 bits per heavy atom. The van der Waals surface area contributed by atoms with Gasteiger partial charge in [-0.1, -0.05) is 6.07 Å². The number of thioether (sulfide) groups is 1. The van der Waals surface area contributed by atoms with Crippen LogP contribution in [0.3, 0.4) is 0 Å². The number of aromatic nitrogens is 2. The maximum absolute atomic E-state index is 3.92. The van der Waals surface area contributed by atoms with Crippen molar-refractivity contribution >= 4 is 23.3 Å². The maximum Gasteiger partial charge on any atom is 0.125 e. The van der Waals surface area contributed by atoms with Gasteiger partial charge in [-0.25, -0.2) is 0 Å². The molecule has 4 heteroatoms. The average Bonchev–Trinajstić information content (AvgIpc) is 2.87. The molecule has 0 spiro atoms. The number of benzene rings is 1. The van der Waals surface area contributed by atoms with E-state index in [4.69, 9.17) is 0 Å². The molecule has 2 aromatic rings. The molecule has 0 unspecified atom stereocenters. The Balaban J connectivity index is 1.96. The van der Waals surface area contributed by atoms with Crippen molar-refractivity contribution in [1.29, 1.82) is 0 Å². The zero-order valence-electron chi connectivity index (χ0n) is 8.16. The molecule has 3 nitrogen and oxygen atoms in total. The predicted octanol–water partition coefficient (Wildman–Crippen LogP) is 2.80. The van der Waals surface area contributed by atoms with E-state index in [1.165, 1.54) is 21.9 Å². The summed E-state index contributed by atoms with van der Waals surface area (Å²) in [7, 11) is 0. The Morgan fingerprint density at radius 1 is 1.33 bits per heavy atom. The molecule has 2 N–H and O–H groups in total. The van der Waals surface area contributed by atoms with Crippen LogP contribution < -0.4 is 5.32 Å². The van der Waals surface area contributed by atoms with Gasteiger partial charge in [0, 0.05) is 22.4 Å². The minimum Gasteiger partial charge on any atom is -0.340 e. The summed E-state index contributed by atoms with van der Waals surface area (Å²) in [6.45, 7) is 0. The summed E-state index contributed by atoms with van der Waals surface area (Å²) in [5.74, 6) is 2.14. The average molecular weight is 217 g/mol.